The Kier molecular flexibility index (Phi) is 4.27. The van der Waals surface area contributed by atoms with E-state index in [4.69, 9.17) is 11.6 Å². The van der Waals surface area contributed by atoms with Gasteiger partial charge >= 0.3 is 0 Å². The third-order valence-electron chi connectivity index (χ3n) is 3.97. The van der Waals surface area contributed by atoms with Crippen molar-refractivity contribution in [3.63, 3.8) is 0 Å². The molecule has 20 heavy (non-hydrogen) atoms. The second kappa shape index (κ2) is 6.15. The molecular weight excluding hydrogens is 290 g/mol. The largest absolute Gasteiger partial charge is 0.352 e. The van der Waals surface area contributed by atoms with Gasteiger partial charge in [-0.2, -0.15) is 0 Å². The van der Waals surface area contributed by atoms with Crippen molar-refractivity contribution >= 4 is 38.9 Å². The van der Waals surface area contributed by atoms with Gasteiger partial charge < -0.3 is 5.32 Å². The van der Waals surface area contributed by atoms with Gasteiger partial charge in [0, 0.05) is 10.7 Å². The summed E-state index contributed by atoms with van der Waals surface area (Å²) in [6, 6.07) is 8.40. The Hall–Kier alpha value is -1.06. The van der Waals surface area contributed by atoms with Gasteiger partial charge in [0.15, 0.2) is 0 Å². The lowest BCUT2D eigenvalue weighted by Gasteiger charge is -2.23. The van der Waals surface area contributed by atoms with Crippen molar-refractivity contribution in [3.05, 3.63) is 35.2 Å². The van der Waals surface area contributed by atoms with Crippen LogP contribution in [0.3, 0.4) is 0 Å². The van der Waals surface area contributed by atoms with E-state index in [1.54, 1.807) is 11.3 Å². The Morgan fingerprint density at radius 3 is 2.80 bits per heavy atom. The van der Waals surface area contributed by atoms with Crippen LogP contribution in [0.2, 0.25) is 0 Å². The summed E-state index contributed by atoms with van der Waals surface area (Å²) in [6.45, 7) is 0. The molecule has 1 saturated carbocycles. The molecule has 1 aliphatic rings. The Morgan fingerprint density at radius 1 is 1.25 bits per heavy atom. The molecule has 1 amide bonds. The molecule has 4 heteroatoms. The summed E-state index contributed by atoms with van der Waals surface area (Å²) < 4.78 is 1.18. The molecule has 1 N–H and O–H groups in total. The molecule has 1 fully saturated rings. The van der Waals surface area contributed by atoms with Gasteiger partial charge in [0.1, 0.15) is 5.38 Å². The zero-order chi connectivity index (χ0) is 13.9. The van der Waals surface area contributed by atoms with Crippen LogP contribution < -0.4 is 5.32 Å². The van der Waals surface area contributed by atoms with Crippen molar-refractivity contribution in [2.24, 2.45) is 0 Å². The van der Waals surface area contributed by atoms with Crippen LogP contribution in [0.1, 0.15) is 43.0 Å². The molecule has 0 saturated heterocycles. The van der Waals surface area contributed by atoms with Crippen molar-refractivity contribution in [2.75, 3.05) is 0 Å². The quantitative estimate of drug-likeness (QED) is 0.823. The molecule has 1 unspecified atom stereocenters. The first-order valence-corrected chi connectivity index (χ1v) is 8.48. The predicted octanol–water partition coefficient (Wildman–Crippen LogP) is 4.63. The standard InChI is InChI=1S/C16H18ClNOS/c17-15(16(19)18-11-6-2-1-3-7-11)13-10-20-14-9-5-4-8-12(13)14/h4-5,8-11,15H,1-3,6-7H2,(H,18,19). The normalized spacial score (nSPS) is 18.1. The van der Waals surface area contributed by atoms with Crippen LogP contribution in [0, 0.1) is 0 Å². The number of fused-ring (bicyclic) bond motifs is 1. The van der Waals surface area contributed by atoms with E-state index in [0.29, 0.717) is 6.04 Å². The topological polar surface area (TPSA) is 29.1 Å². The number of halogens is 1. The molecule has 3 rings (SSSR count). The first-order chi connectivity index (χ1) is 9.75. The van der Waals surface area contributed by atoms with Gasteiger partial charge in [0.2, 0.25) is 5.91 Å². The minimum atomic E-state index is -0.590. The van der Waals surface area contributed by atoms with E-state index in [2.05, 4.69) is 11.4 Å². The van der Waals surface area contributed by atoms with E-state index in [1.165, 1.54) is 24.0 Å². The number of rotatable bonds is 3. The molecule has 0 radical (unpaired) electrons. The molecule has 1 aromatic heterocycles. The van der Waals surface area contributed by atoms with Crippen LogP contribution in [0.25, 0.3) is 10.1 Å². The molecule has 1 heterocycles. The molecule has 1 aromatic carbocycles. The molecule has 2 nitrogen and oxygen atoms in total. The minimum absolute atomic E-state index is 0.0536. The van der Waals surface area contributed by atoms with Gasteiger partial charge in [-0.1, -0.05) is 37.5 Å². The lowest BCUT2D eigenvalue weighted by molar-refractivity contribution is -0.121. The molecule has 1 atom stereocenters. The van der Waals surface area contributed by atoms with Crippen molar-refractivity contribution in [1.29, 1.82) is 0 Å². The second-order valence-electron chi connectivity index (χ2n) is 5.39. The summed E-state index contributed by atoms with van der Waals surface area (Å²) in [5, 5.41) is 5.61. The number of nitrogens with one attached hydrogen (secondary N) is 1. The van der Waals surface area contributed by atoms with Crippen LogP contribution in [0.4, 0.5) is 0 Å². The number of hydrogen-bond donors (Lipinski definition) is 1. The van der Waals surface area contributed by atoms with Gasteiger partial charge in [0.25, 0.3) is 0 Å². The fourth-order valence-electron chi connectivity index (χ4n) is 2.86. The van der Waals surface area contributed by atoms with Crippen LogP contribution in [0.15, 0.2) is 29.6 Å². The first-order valence-electron chi connectivity index (χ1n) is 7.16. The monoisotopic (exact) mass is 307 g/mol. The minimum Gasteiger partial charge on any atom is -0.352 e. The van der Waals surface area contributed by atoms with Gasteiger partial charge in [0.05, 0.1) is 0 Å². The number of thiophene rings is 1. The highest BCUT2D eigenvalue weighted by Crippen LogP contribution is 2.33. The zero-order valence-corrected chi connectivity index (χ0v) is 12.8. The first kappa shape index (κ1) is 13.9. The van der Waals surface area contributed by atoms with E-state index in [1.807, 2.05) is 23.6 Å². The molecular formula is C16H18ClNOS. The Bertz CT molecular complexity index is 603. The smallest absolute Gasteiger partial charge is 0.242 e. The maximum Gasteiger partial charge on any atom is 0.242 e. The number of benzene rings is 1. The number of carbonyl (C=O) groups excluding carboxylic acids is 1. The fourth-order valence-corrected chi connectivity index (χ4v) is 4.16. The van der Waals surface area contributed by atoms with Crippen molar-refractivity contribution in [3.8, 4) is 0 Å². The average Bonchev–Trinajstić information content (AvgIpc) is 2.91. The highest BCUT2D eigenvalue weighted by molar-refractivity contribution is 7.17. The van der Waals surface area contributed by atoms with Crippen molar-refractivity contribution in [2.45, 2.75) is 43.5 Å². The van der Waals surface area contributed by atoms with E-state index >= 15 is 0 Å². The maximum absolute atomic E-state index is 12.3. The molecule has 0 bridgehead atoms. The van der Waals surface area contributed by atoms with Gasteiger partial charge in [-0.05, 0) is 35.2 Å². The highest BCUT2D eigenvalue weighted by atomic mass is 35.5. The Labute approximate surface area is 128 Å². The molecule has 0 spiro atoms. The van der Waals surface area contributed by atoms with Crippen LogP contribution in [0.5, 0.6) is 0 Å². The molecule has 106 valence electrons. The van der Waals surface area contributed by atoms with Crippen LogP contribution >= 0.6 is 22.9 Å². The van der Waals surface area contributed by atoms with Crippen molar-refractivity contribution < 1.29 is 4.79 Å². The maximum atomic E-state index is 12.3. The fraction of sp³-hybridized carbons (Fsp3) is 0.438. The third kappa shape index (κ3) is 2.84. The number of amides is 1. The number of carbonyl (C=O) groups is 1. The summed E-state index contributed by atoms with van der Waals surface area (Å²) in [7, 11) is 0. The van der Waals surface area contributed by atoms with Gasteiger partial charge in [-0.3, -0.25) is 4.79 Å². The average molecular weight is 308 g/mol. The zero-order valence-electron chi connectivity index (χ0n) is 11.3. The highest BCUT2D eigenvalue weighted by Gasteiger charge is 2.24. The SMILES string of the molecule is O=C(NC1CCCCC1)C(Cl)c1csc2ccccc12. The van der Waals surface area contributed by atoms with E-state index in [0.717, 1.165) is 23.8 Å². The molecule has 1 aliphatic carbocycles. The summed E-state index contributed by atoms with van der Waals surface area (Å²) in [5.74, 6) is -0.0536. The number of hydrogen-bond acceptors (Lipinski definition) is 2. The van der Waals surface area contributed by atoms with Gasteiger partial charge in [-0.15, -0.1) is 22.9 Å². The predicted molar refractivity (Wildman–Crippen MR) is 85.4 cm³/mol. The lowest BCUT2D eigenvalue weighted by atomic mass is 9.95. The lowest BCUT2D eigenvalue weighted by Crippen LogP contribution is -2.37. The Morgan fingerprint density at radius 2 is 2.00 bits per heavy atom. The van der Waals surface area contributed by atoms with Crippen LogP contribution in [-0.2, 0) is 4.79 Å². The van der Waals surface area contributed by atoms with E-state index in [9.17, 15) is 4.79 Å². The van der Waals surface area contributed by atoms with E-state index < -0.39 is 5.38 Å². The third-order valence-corrected chi connectivity index (χ3v) is 5.38. The summed E-state index contributed by atoms with van der Waals surface area (Å²) in [5.41, 5.74) is 0.931. The van der Waals surface area contributed by atoms with Crippen LogP contribution in [-0.4, -0.2) is 11.9 Å². The van der Waals surface area contributed by atoms with Gasteiger partial charge in [-0.25, -0.2) is 0 Å². The molecule has 0 aliphatic heterocycles. The summed E-state index contributed by atoms with van der Waals surface area (Å²) in [4.78, 5) is 12.3. The molecule has 2 aromatic rings. The van der Waals surface area contributed by atoms with Crippen molar-refractivity contribution in [1.82, 2.24) is 5.32 Å². The summed E-state index contributed by atoms with van der Waals surface area (Å²) >= 11 is 8.03. The second-order valence-corrected chi connectivity index (χ2v) is 6.74. The Balaban J connectivity index is 1.74. The summed E-state index contributed by atoms with van der Waals surface area (Å²) in [6.07, 6.45) is 5.86. The number of alkyl halides is 1. The van der Waals surface area contributed by atoms with E-state index in [-0.39, 0.29) is 5.91 Å².